The summed E-state index contributed by atoms with van der Waals surface area (Å²) in [6, 6.07) is 19.8. The molecule has 0 bridgehead atoms. The van der Waals surface area contributed by atoms with Crippen molar-refractivity contribution in [2.75, 3.05) is 7.11 Å². The zero-order chi connectivity index (χ0) is 15.1. The number of rotatable bonds is 7. The SMILES string of the molecule is CCCC[C@@](O)(c1ccccc1)[C@@H](OC)c1ccccc1. The zero-order valence-electron chi connectivity index (χ0n) is 12.8. The van der Waals surface area contributed by atoms with E-state index in [1.807, 2.05) is 60.7 Å². The van der Waals surface area contributed by atoms with Crippen molar-refractivity contribution >= 4 is 0 Å². The van der Waals surface area contributed by atoms with E-state index in [2.05, 4.69) is 6.92 Å². The Hall–Kier alpha value is -1.64. The number of methoxy groups -OCH3 is 1. The summed E-state index contributed by atoms with van der Waals surface area (Å²) >= 11 is 0. The van der Waals surface area contributed by atoms with Crippen LogP contribution < -0.4 is 0 Å². The van der Waals surface area contributed by atoms with E-state index in [0.717, 1.165) is 24.0 Å². The van der Waals surface area contributed by atoms with Crippen LogP contribution in [0.3, 0.4) is 0 Å². The molecule has 0 heterocycles. The quantitative estimate of drug-likeness (QED) is 0.814. The smallest absolute Gasteiger partial charge is 0.120 e. The lowest BCUT2D eigenvalue weighted by Crippen LogP contribution is -2.34. The number of hydrogen-bond donors (Lipinski definition) is 1. The van der Waals surface area contributed by atoms with Crippen LogP contribution in [0.4, 0.5) is 0 Å². The molecule has 0 aliphatic carbocycles. The molecule has 0 aliphatic rings. The molecular formula is C19H24O2. The Balaban J connectivity index is 2.43. The van der Waals surface area contributed by atoms with Crippen molar-refractivity contribution in [3.63, 3.8) is 0 Å². The monoisotopic (exact) mass is 284 g/mol. The van der Waals surface area contributed by atoms with Gasteiger partial charge in [0.05, 0.1) is 0 Å². The average molecular weight is 284 g/mol. The van der Waals surface area contributed by atoms with Gasteiger partial charge in [0.15, 0.2) is 0 Å². The summed E-state index contributed by atoms with van der Waals surface area (Å²) in [5.74, 6) is 0. The number of ether oxygens (including phenoxy) is 1. The average Bonchev–Trinajstić information content (AvgIpc) is 2.55. The molecule has 0 fully saturated rings. The molecule has 2 atom stereocenters. The topological polar surface area (TPSA) is 29.5 Å². The van der Waals surface area contributed by atoms with Crippen LogP contribution in [-0.2, 0) is 10.3 Å². The Kier molecular flexibility index (Phi) is 5.54. The van der Waals surface area contributed by atoms with Crippen LogP contribution in [0.5, 0.6) is 0 Å². The molecule has 0 saturated heterocycles. The van der Waals surface area contributed by atoms with E-state index in [0.29, 0.717) is 6.42 Å². The maximum atomic E-state index is 11.4. The molecule has 112 valence electrons. The molecule has 1 N–H and O–H groups in total. The highest BCUT2D eigenvalue weighted by atomic mass is 16.5. The maximum Gasteiger partial charge on any atom is 0.120 e. The van der Waals surface area contributed by atoms with Gasteiger partial charge in [-0.1, -0.05) is 80.4 Å². The summed E-state index contributed by atoms with van der Waals surface area (Å²) in [5.41, 5.74) is 0.907. The van der Waals surface area contributed by atoms with Gasteiger partial charge in [0.1, 0.15) is 11.7 Å². The van der Waals surface area contributed by atoms with E-state index in [1.165, 1.54) is 0 Å². The Morgan fingerprint density at radius 2 is 1.57 bits per heavy atom. The molecule has 2 aromatic rings. The van der Waals surface area contributed by atoms with Gasteiger partial charge in [0, 0.05) is 7.11 Å². The molecule has 0 unspecified atom stereocenters. The van der Waals surface area contributed by atoms with Gasteiger partial charge in [-0.15, -0.1) is 0 Å². The zero-order valence-corrected chi connectivity index (χ0v) is 12.8. The molecule has 0 radical (unpaired) electrons. The second-order valence-electron chi connectivity index (χ2n) is 5.42. The molecule has 21 heavy (non-hydrogen) atoms. The van der Waals surface area contributed by atoms with Gasteiger partial charge in [0.25, 0.3) is 0 Å². The van der Waals surface area contributed by atoms with Gasteiger partial charge in [-0.2, -0.15) is 0 Å². The van der Waals surface area contributed by atoms with E-state index in [9.17, 15) is 5.11 Å². The van der Waals surface area contributed by atoms with Gasteiger partial charge in [-0.05, 0) is 17.5 Å². The standard InChI is InChI=1S/C19H24O2/c1-3-4-15-19(20,17-13-9-6-10-14-17)18(21-2)16-11-7-5-8-12-16/h5-14,18,20H,3-4,15H2,1-2H3/t18-,19+/m0/s1. The first-order chi connectivity index (χ1) is 10.2. The molecular weight excluding hydrogens is 260 g/mol. The normalized spacial score (nSPS) is 15.4. The summed E-state index contributed by atoms with van der Waals surface area (Å²) in [7, 11) is 1.66. The highest BCUT2D eigenvalue weighted by molar-refractivity contribution is 5.29. The van der Waals surface area contributed by atoms with E-state index >= 15 is 0 Å². The van der Waals surface area contributed by atoms with E-state index in [4.69, 9.17) is 4.74 Å². The Morgan fingerprint density at radius 1 is 1.00 bits per heavy atom. The lowest BCUT2D eigenvalue weighted by molar-refractivity contribution is -0.108. The Labute approximate surface area is 127 Å². The van der Waals surface area contributed by atoms with Gasteiger partial charge in [0.2, 0.25) is 0 Å². The number of hydrogen-bond acceptors (Lipinski definition) is 2. The summed E-state index contributed by atoms with van der Waals surface area (Å²) in [6.45, 7) is 2.13. The van der Waals surface area contributed by atoms with Gasteiger partial charge < -0.3 is 9.84 Å². The molecule has 0 amide bonds. The molecule has 2 nitrogen and oxygen atoms in total. The second kappa shape index (κ2) is 7.39. The summed E-state index contributed by atoms with van der Waals surface area (Å²) in [4.78, 5) is 0. The summed E-state index contributed by atoms with van der Waals surface area (Å²) in [6.07, 6.45) is 2.31. The summed E-state index contributed by atoms with van der Waals surface area (Å²) < 4.78 is 5.70. The van der Waals surface area contributed by atoms with Crippen molar-refractivity contribution in [1.29, 1.82) is 0 Å². The first-order valence-electron chi connectivity index (χ1n) is 7.58. The van der Waals surface area contributed by atoms with Crippen molar-refractivity contribution < 1.29 is 9.84 Å². The maximum absolute atomic E-state index is 11.4. The Bertz CT molecular complexity index is 524. The number of aliphatic hydroxyl groups is 1. The lowest BCUT2D eigenvalue weighted by atomic mass is 9.80. The highest BCUT2D eigenvalue weighted by Gasteiger charge is 2.39. The first kappa shape index (κ1) is 15.7. The molecule has 0 spiro atoms. The first-order valence-corrected chi connectivity index (χ1v) is 7.58. The minimum Gasteiger partial charge on any atom is -0.382 e. The molecule has 0 aliphatic heterocycles. The number of benzene rings is 2. The largest absolute Gasteiger partial charge is 0.382 e. The predicted octanol–water partition coefficient (Wildman–Crippen LogP) is 4.45. The van der Waals surface area contributed by atoms with Crippen molar-refractivity contribution in [3.8, 4) is 0 Å². The molecule has 2 aromatic carbocycles. The summed E-state index contributed by atoms with van der Waals surface area (Å²) in [5, 5.41) is 11.4. The van der Waals surface area contributed by atoms with Crippen LogP contribution in [0.25, 0.3) is 0 Å². The van der Waals surface area contributed by atoms with E-state index in [1.54, 1.807) is 7.11 Å². The molecule has 2 heteroatoms. The van der Waals surface area contributed by atoms with Gasteiger partial charge in [-0.25, -0.2) is 0 Å². The fraction of sp³-hybridized carbons (Fsp3) is 0.368. The molecule has 0 aromatic heterocycles. The predicted molar refractivity (Wildman–Crippen MR) is 86.1 cm³/mol. The lowest BCUT2D eigenvalue weighted by Gasteiger charge is -2.36. The highest BCUT2D eigenvalue weighted by Crippen LogP contribution is 2.41. The number of unbranched alkanes of at least 4 members (excludes halogenated alkanes) is 1. The van der Waals surface area contributed by atoms with E-state index in [-0.39, 0.29) is 6.10 Å². The van der Waals surface area contributed by atoms with Gasteiger partial charge >= 0.3 is 0 Å². The van der Waals surface area contributed by atoms with Crippen molar-refractivity contribution in [2.24, 2.45) is 0 Å². The van der Waals surface area contributed by atoms with Crippen LogP contribution in [0.15, 0.2) is 60.7 Å². The van der Waals surface area contributed by atoms with Crippen LogP contribution in [-0.4, -0.2) is 12.2 Å². The van der Waals surface area contributed by atoms with Crippen molar-refractivity contribution in [1.82, 2.24) is 0 Å². The van der Waals surface area contributed by atoms with Crippen molar-refractivity contribution in [3.05, 3.63) is 71.8 Å². The third-order valence-corrected chi connectivity index (χ3v) is 3.96. The third-order valence-electron chi connectivity index (χ3n) is 3.96. The fourth-order valence-corrected chi connectivity index (χ4v) is 2.83. The Morgan fingerprint density at radius 3 is 2.10 bits per heavy atom. The third kappa shape index (κ3) is 3.52. The van der Waals surface area contributed by atoms with Crippen LogP contribution in [0.2, 0.25) is 0 Å². The molecule has 0 saturated carbocycles. The van der Waals surface area contributed by atoms with Gasteiger partial charge in [-0.3, -0.25) is 0 Å². The second-order valence-corrected chi connectivity index (χ2v) is 5.42. The molecule has 2 rings (SSSR count). The minimum atomic E-state index is -1.01. The van der Waals surface area contributed by atoms with Crippen LogP contribution in [0.1, 0.15) is 43.4 Å². The van der Waals surface area contributed by atoms with Crippen LogP contribution >= 0.6 is 0 Å². The fourth-order valence-electron chi connectivity index (χ4n) is 2.83. The van der Waals surface area contributed by atoms with Crippen molar-refractivity contribution in [2.45, 2.75) is 37.9 Å². The van der Waals surface area contributed by atoms with Crippen LogP contribution in [0, 0.1) is 0 Å². The van der Waals surface area contributed by atoms with E-state index < -0.39 is 5.60 Å². The minimum absolute atomic E-state index is 0.368.